The molecular formula is C11H10N2O2S2. The number of para-hydroxylation sites is 1. The van der Waals surface area contributed by atoms with Gasteiger partial charge in [-0.3, -0.25) is 0 Å². The lowest BCUT2D eigenvalue weighted by Gasteiger charge is -2.06. The number of thioether (sulfide) groups is 1. The van der Waals surface area contributed by atoms with E-state index in [-0.39, 0.29) is 4.88 Å². The number of anilines is 2. The van der Waals surface area contributed by atoms with E-state index in [1.54, 1.807) is 11.8 Å². The third-order valence-corrected chi connectivity index (χ3v) is 3.76. The Balaban J connectivity index is 2.22. The molecule has 6 heteroatoms. The molecule has 88 valence electrons. The molecule has 0 fully saturated rings. The van der Waals surface area contributed by atoms with Gasteiger partial charge in [-0.05, 0) is 18.4 Å². The average Bonchev–Trinajstić information content (AvgIpc) is 2.78. The predicted octanol–water partition coefficient (Wildman–Crippen LogP) is 3.31. The minimum absolute atomic E-state index is 0.231. The molecule has 0 amide bonds. The van der Waals surface area contributed by atoms with Crippen molar-refractivity contribution in [2.45, 2.75) is 4.90 Å². The van der Waals surface area contributed by atoms with Crippen LogP contribution in [0, 0.1) is 0 Å². The van der Waals surface area contributed by atoms with Crippen molar-refractivity contribution in [1.29, 1.82) is 0 Å². The molecular weight excluding hydrogens is 256 g/mol. The van der Waals surface area contributed by atoms with E-state index in [1.807, 2.05) is 30.5 Å². The largest absolute Gasteiger partial charge is 0.477 e. The fourth-order valence-electron chi connectivity index (χ4n) is 1.29. The zero-order valence-electron chi connectivity index (χ0n) is 9.01. The number of carboxylic acids is 1. The number of nitrogens with zero attached hydrogens (tertiary/aromatic N) is 1. The van der Waals surface area contributed by atoms with Crippen molar-refractivity contribution < 1.29 is 9.90 Å². The van der Waals surface area contributed by atoms with E-state index in [0.717, 1.165) is 21.9 Å². The summed E-state index contributed by atoms with van der Waals surface area (Å²) in [6.07, 6.45) is 3.35. The molecule has 0 saturated heterocycles. The molecule has 0 unspecified atom stereocenters. The number of benzene rings is 1. The number of nitrogens with one attached hydrogen (secondary N) is 1. The van der Waals surface area contributed by atoms with Gasteiger partial charge in [-0.15, -0.1) is 11.8 Å². The van der Waals surface area contributed by atoms with Crippen LogP contribution in [0.15, 0.2) is 35.4 Å². The van der Waals surface area contributed by atoms with E-state index >= 15 is 0 Å². The fourth-order valence-corrected chi connectivity index (χ4v) is 2.51. The lowest BCUT2D eigenvalue weighted by atomic mass is 10.3. The quantitative estimate of drug-likeness (QED) is 0.831. The Labute approximate surface area is 107 Å². The number of aromatic carboxylic acids is 1. The Kier molecular flexibility index (Phi) is 3.65. The summed E-state index contributed by atoms with van der Waals surface area (Å²) in [5.41, 5.74) is 0.936. The average molecular weight is 266 g/mol. The molecule has 0 spiro atoms. The minimum Gasteiger partial charge on any atom is -0.477 e. The molecule has 0 aliphatic heterocycles. The predicted molar refractivity (Wildman–Crippen MR) is 70.6 cm³/mol. The number of thiazole rings is 1. The molecule has 17 heavy (non-hydrogen) atoms. The van der Waals surface area contributed by atoms with Gasteiger partial charge >= 0.3 is 5.97 Å². The van der Waals surface area contributed by atoms with Gasteiger partial charge in [0.05, 0.1) is 11.9 Å². The Morgan fingerprint density at radius 2 is 2.24 bits per heavy atom. The normalized spacial score (nSPS) is 10.2. The monoisotopic (exact) mass is 266 g/mol. The van der Waals surface area contributed by atoms with Crippen LogP contribution in [0.1, 0.15) is 9.67 Å². The molecule has 0 bridgehead atoms. The van der Waals surface area contributed by atoms with Crippen LogP contribution in [0.5, 0.6) is 0 Å². The third kappa shape index (κ3) is 2.78. The topological polar surface area (TPSA) is 62.2 Å². The minimum atomic E-state index is -0.950. The molecule has 2 aromatic rings. The third-order valence-electron chi connectivity index (χ3n) is 2.07. The molecule has 2 rings (SSSR count). The summed E-state index contributed by atoms with van der Waals surface area (Å²) in [6.45, 7) is 0. The molecule has 1 heterocycles. The van der Waals surface area contributed by atoms with E-state index in [1.165, 1.54) is 6.20 Å². The summed E-state index contributed by atoms with van der Waals surface area (Å²) < 4.78 is 0. The lowest BCUT2D eigenvalue weighted by molar-refractivity contribution is 0.0702. The second-order valence-electron chi connectivity index (χ2n) is 3.16. The Morgan fingerprint density at radius 1 is 1.47 bits per heavy atom. The van der Waals surface area contributed by atoms with Crippen LogP contribution >= 0.6 is 23.1 Å². The molecule has 0 aliphatic carbocycles. The first-order chi connectivity index (χ1) is 8.20. The first kappa shape index (κ1) is 11.9. The van der Waals surface area contributed by atoms with Crippen molar-refractivity contribution in [3.63, 3.8) is 0 Å². The van der Waals surface area contributed by atoms with Crippen LogP contribution in [-0.4, -0.2) is 22.3 Å². The highest BCUT2D eigenvalue weighted by Gasteiger charge is 2.09. The highest BCUT2D eigenvalue weighted by atomic mass is 32.2. The van der Waals surface area contributed by atoms with Crippen molar-refractivity contribution in [3.05, 3.63) is 35.3 Å². The standard InChI is InChI=1S/C11H10N2O2S2/c1-16-8-5-3-2-4-7(8)13-11-12-6-9(17-11)10(14)15/h2-6H,1H3,(H,12,13)(H,14,15). The Bertz CT molecular complexity index is 540. The van der Waals surface area contributed by atoms with Gasteiger partial charge in [0.15, 0.2) is 5.13 Å². The van der Waals surface area contributed by atoms with Gasteiger partial charge in [0.2, 0.25) is 0 Å². The van der Waals surface area contributed by atoms with Gasteiger partial charge in [-0.1, -0.05) is 23.5 Å². The summed E-state index contributed by atoms with van der Waals surface area (Å²) >= 11 is 2.75. The molecule has 0 radical (unpaired) electrons. The highest BCUT2D eigenvalue weighted by Crippen LogP contribution is 2.29. The second kappa shape index (κ2) is 5.20. The zero-order valence-corrected chi connectivity index (χ0v) is 10.6. The van der Waals surface area contributed by atoms with Crippen molar-refractivity contribution in [2.75, 3.05) is 11.6 Å². The van der Waals surface area contributed by atoms with Crippen molar-refractivity contribution in [2.24, 2.45) is 0 Å². The summed E-state index contributed by atoms with van der Waals surface area (Å²) in [6, 6.07) is 7.82. The van der Waals surface area contributed by atoms with Crippen LogP contribution in [0.3, 0.4) is 0 Å². The fraction of sp³-hybridized carbons (Fsp3) is 0.0909. The summed E-state index contributed by atoms with van der Waals surface area (Å²) in [5, 5.41) is 12.5. The summed E-state index contributed by atoms with van der Waals surface area (Å²) in [7, 11) is 0. The van der Waals surface area contributed by atoms with E-state index in [0.29, 0.717) is 5.13 Å². The molecule has 1 aromatic heterocycles. The molecule has 0 saturated carbocycles. The molecule has 0 atom stereocenters. The lowest BCUT2D eigenvalue weighted by Crippen LogP contribution is -1.91. The van der Waals surface area contributed by atoms with Gasteiger partial charge in [-0.2, -0.15) is 0 Å². The molecule has 4 nitrogen and oxygen atoms in total. The molecule has 0 aliphatic rings. The second-order valence-corrected chi connectivity index (χ2v) is 5.04. The van der Waals surface area contributed by atoms with Crippen LogP contribution in [0.4, 0.5) is 10.8 Å². The SMILES string of the molecule is CSc1ccccc1Nc1ncc(C(=O)O)s1. The number of hydrogen-bond donors (Lipinski definition) is 2. The van der Waals surface area contributed by atoms with Crippen LogP contribution < -0.4 is 5.32 Å². The summed E-state index contributed by atoms with van der Waals surface area (Å²) in [5.74, 6) is -0.950. The maximum atomic E-state index is 10.7. The highest BCUT2D eigenvalue weighted by molar-refractivity contribution is 7.98. The number of carboxylic acid groups (broad SMARTS) is 1. The first-order valence-electron chi connectivity index (χ1n) is 4.80. The van der Waals surface area contributed by atoms with Gasteiger partial charge < -0.3 is 10.4 Å². The smallest absolute Gasteiger partial charge is 0.347 e. The van der Waals surface area contributed by atoms with Gasteiger partial charge in [0.25, 0.3) is 0 Å². The summed E-state index contributed by atoms with van der Waals surface area (Å²) in [4.78, 5) is 16.1. The Morgan fingerprint density at radius 3 is 2.88 bits per heavy atom. The number of rotatable bonds is 4. The van der Waals surface area contributed by atoms with Crippen LogP contribution in [-0.2, 0) is 0 Å². The van der Waals surface area contributed by atoms with Crippen molar-refractivity contribution in [3.8, 4) is 0 Å². The van der Waals surface area contributed by atoms with E-state index in [9.17, 15) is 4.79 Å². The Hall–Kier alpha value is -1.53. The maximum absolute atomic E-state index is 10.7. The van der Waals surface area contributed by atoms with E-state index in [4.69, 9.17) is 5.11 Å². The molecule has 1 aromatic carbocycles. The van der Waals surface area contributed by atoms with Gasteiger partial charge in [-0.25, -0.2) is 9.78 Å². The van der Waals surface area contributed by atoms with E-state index in [2.05, 4.69) is 10.3 Å². The van der Waals surface area contributed by atoms with Crippen molar-refractivity contribution in [1.82, 2.24) is 4.98 Å². The van der Waals surface area contributed by atoms with Gasteiger partial charge in [0, 0.05) is 4.90 Å². The van der Waals surface area contributed by atoms with Crippen LogP contribution in [0.25, 0.3) is 0 Å². The zero-order chi connectivity index (χ0) is 12.3. The maximum Gasteiger partial charge on any atom is 0.347 e. The number of aromatic nitrogens is 1. The van der Waals surface area contributed by atoms with Crippen LogP contribution in [0.2, 0.25) is 0 Å². The van der Waals surface area contributed by atoms with E-state index < -0.39 is 5.97 Å². The molecule has 2 N–H and O–H groups in total. The number of hydrogen-bond acceptors (Lipinski definition) is 5. The van der Waals surface area contributed by atoms with Gasteiger partial charge in [0.1, 0.15) is 4.88 Å². The van der Waals surface area contributed by atoms with Crippen molar-refractivity contribution >= 4 is 39.9 Å². The first-order valence-corrected chi connectivity index (χ1v) is 6.84. The number of carbonyl (C=O) groups is 1.